The van der Waals surface area contributed by atoms with Crippen LogP contribution in [0, 0.1) is 0 Å². The molecule has 0 aromatic carbocycles. The van der Waals surface area contributed by atoms with Gasteiger partial charge >= 0.3 is 0 Å². The van der Waals surface area contributed by atoms with E-state index >= 15 is 0 Å². The van der Waals surface area contributed by atoms with Crippen molar-refractivity contribution in [2.75, 3.05) is 5.84 Å². The molecule has 6 heteroatoms. The Balaban J connectivity index is 3.05. The maximum Gasteiger partial charge on any atom is 0.283 e. The van der Waals surface area contributed by atoms with Gasteiger partial charge in [-0.25, -0.2) is 14.6 Å². The van der Waals surface area contributed by atoms with Crippen molar-refractivity contribution >= 4 is 11.0 Å². The molecule has 12 heavy (non-hydrogen) atoms. The summed E-state index contributed by atoms with van der Waals surface area (Å²) in [5.74, 6) is 5.45. The third-order valence-corrected chi connectivity index (χ3v) is 1.47. The fraction of sp³-hybridized carbons (Fsp3) is 0. The normalized spacial score (nSPS) is 10.3. The quantitative estimate of drug-likeness (QED) is 0.498. The number of hydrogen-bond acceptors (Lipinski definition) is 5. The van der Waals surface area contributed by atoms with Crippen LogP contribution in [0.4, 0.5) is 0 Å². The number of hydrogen-bond donors (Lipinski definition) is 1. The standard InChI is InChI=1S/C6H5N5O/c7-11-3-10-6(12)4-1-8-2-9-5(4)11/h1-3H,7H2. The molecule has 0 saturated carbocycles. The maximum atomic E-state index is 11.1. The van der Waals surface area contributed by atoms with E-state index in [4.69, 9.17) is 5.84 Å². The first kappa shape index (κ1) is 6.71. The van der Waals surface area contributed by atoms with Crippen LogP contribution in [0.25, 0.3) is 11.0 Å². The summed E-state index contributed by atoms with van der Waals surface area (Å²) in [5.41, 5.74) is 0.0114. The summed E-state index contributed by atoms with van der Waals surface area (Å²) in [7, 11) is 0. The van der Waals surface area contributed by atoms with E-state index in [2.05, 4.69) is 15.0 Å². The van der Waals surface area contributed by atoms with Crippen molar-refractivity contribution < 1.29 is 0 Å². The Morgan fingerprint density at radius 2 is 2.25 bits per heavy atom. The van der Waals surface area contributed by atoms with Crippen LogP contribution < -0.4 is 11.4 Å². The molecule has 60 valence electrons. The van der Waals surface area contributed by atoms with Gasteiger partial charge < -0.3 is 5.84 Å². The number of fused-ring (bicyclic) bond motifs is 1. The molecule has 2 aromatic rings. The lowest BCUT2D eigenvalue weighted by molar-refractivity contribution is 0.941. The summed E-state index contributed by atoms with van der Waals surface area (Å²) in [6.45, 7) is 0. The fourth-order valence-electron chi connectivity index (χ4n) is 0.919. The highest BCUT2D eigenvalue weighted by Crippen LogP contribution is 1.98. The fourth-order valence-corrected chi connectivity index (χ4v) is 0.919. The molecular weight excluding hydrogens is 158 g/mol. The van der Waals surface area contributed by atoms with Gasteiger partial charge in [-0.2, -0.15) is 4.98 Å². The molecule has 0 aliphatic rings. The van der Waals surface area contributed by atoms with E-state index < -0.39 is 0 Å². The van der Waals surface area contributed by atoms with E-state index in [1.165, 1.54) is 23.5 Å². The van der Waals surface area contributed by atoms with Crippen LogP contribution in [0.3, 0.4) is 0 Å². The van der Waals surface area contributed by atoms with E-state index in [0.717, 1.165) is 0 Å². The molecule has 2 aromatic heterocycles. The molecule has 0 aliphatic carbocycles. The second-order valence-electron chi connectivity index (χ2n) is 2.22. The maximum absolute atomic E-state index is 11.1. The van der Waals surface area contributed by atoms with Gasteiger partial charge in [0.1, 0.15) is 18.0 Å². The molecule has 0 amide bonds. The highest BCUT2D eigenvalue weighted by Gasteiger charge is 2.01. The molecule has 0 aliphatic heterocycles. The van der Waals surface area contributed by atoms with Crippen molar-refractivity contribution in [3.05, 3.63) is 29.2 Å². The smallest absolute Gasteiger partial charge is 0.283 e. The van der Waals surface area contributed by atoms with Crippen molar-refractivity contribution in [2.24, 2.45) is 0 Å². The van der Waals surface area contributed by atoms with Crippen LogP contribution in [0.1, 0.15) is 0 Å². The van der Waals surface area contributed by atoms with E-state index in [0.29, 0.717) is 11.0 Å². The van der Waals surface area contributed by atoms with Gasteiger partial charge in [0.05, 0.1) is 0 Å². The van der Waals surface area contributed by atoms with Gasteiger partial charge in [0.15, 0.2) is 5.65 Å². The van der Waals surface area contributed by atoms with Gasteiger partial charge in [-0.05, 0) is 0 Å². The van der Waals surface area contributed by atoms with E-state index in [1.54, 1.807) is 0 Å². The minimum atomic E-state index is -0.368. The summed E-state index contributed by atoms with van der Waals surface area (Å²) in [4.78, 5) is 22.1. The van der Waals surface area contributed by atoms with Crippen LogP contribution in [0.5, 0.6) is 0 Å². The molecule has 0 atom stereocenters. The van der Waals surface area contributed by atoms with Gasteiger partial charge in [0.2, 0.25) is 0 Å². The van der Waals surface area contributed by atoms with E-state index in [9.17, 15) is 4.79 Å². The first-order valence-electron chi connectivity index (χ1n) is 3.21. The monoisotopic (exact) mass is 163 g/mol. The van der Waals surface area contributed by atoms with Crippen LogP contribution in [0.2, 0.25) is 0 Å². The largest absolute Gasteiger partial charge is 0.336 e. The van der Waals surface area contributed by atoms with Crippen molar-refractivity contribution in [1.82, 2.24) is 19.6 Å². The second-order valence-corrected chi connectivity index (χ2v) is 2.22. The average Bonchev–Trinajstić information content (AvgIpc) is 2.12. The lowest BCUT2D eigenvalue weighted by Gasteiger charge is -1.99. The molecule has 0 fully saturated rings. The lowest BCUT2D eigenvalue weighted by Crippen LogP contribution is -2.18. The molecule has 2 heterocycles. The minimum absolute atomic E-state index is 0.322. The third-order valence-electron chi connectivity index (χ3n) is 1.47. The average molecular weight is 163 g/mol. The number of aromatic nitrogens is 4. The Labute approximate surface area is 66.7 Å². The van der Waals surface area contributed by atoms with Gasteiger partial charge in [-0.3, -0.25) is 4.79 Å². The van der Waals surface area contributed by atoms with Crippen LogP contribution in [-0.4, -0.2) is 19.6 Å². The van der Waals surface area contributed by atoms with Crippen LogP contribution >= 0.6 is 0 Å². The Morgan fingerprint density at radius 1 is 1.42 bits per heavy atom. The van der Waals surface area contributed by atoms with Gasteiger partial charge in [0.25, 0.3) is 5.56 Å². The minimum Gasteiger partial charge on any atom is -0.336 e. The zero-order chi connectivity index (χ0) is 8.55. The highest BCUT2D eigenvalue weighted by molar-refractivity contribution is 5.71. The first-order valence-corrected chi connectivity index (χ1v) is 3.21. The van der Waals surface area contributed by atoms with Crippen molar-refractivity contribution in [2.45, 2.75) is 0 Å². The van der Waals surface area contributed by atoms with Gasteiger partial charge in [-0.15, -0.1) is 0 Å². The Hall–Kier alpha value is -1.98. The Kier molecular flexibility index (Phi) is 1.26. The van der Waals surface area contributed by atoms with Crippen LogP contribution in [0.15, 0.2) is 23.6 Å². The molecule has 0 spiro atoms. The second kappa shape index (κ2) is 2.26. The molecule has 0 saturated heterocycles. The summed E-state index contributed by atoms with van der Waals surface area (Å²) >= 11 is 0. The zero-order valence-corrected chi connectivity index (χ0v) is 6.01. The topological polar surface area (TPSA) is 86.7 Å². The van der Waals surface area contributed by atoms with E-state index in [1.807, 2.05) is 0 Å². The third kappa shape index (κ3) is 0.815. The molecule has 2 rings (SSSR count). The molecule has 6 nitrogen and oxygen atoms in total. The summed E-state index contributed by atoms with van der Waals surface area (Å²) in [6.07, 6.45) is 3.93. The van der Waals surface area contributed by atoms with Gasteiger partial charge in [-0.1, -0.05) is 0 Å². The lowest BCUT2D eigenvalue weighted by atomic mass is 10.4. The SMILES string of the molecule is Nn1cnc(=O)c2cncnc21. The Morgan fingerprint density at radius 3 is 3.00 bits per heavy atom. The first-order chi connectivity index (χ1) is 5.79. The highest BCUT2D eigenvalue weighted by atomic mass is 16.1. The van der Waals surface area contributed by atoms with Crippen molar-refractivity contribution in [3.8, 4) is 0 Å². The van der Waals surface area contributed by atoms with Crippen LogP contribution in [-0.2, 0) is 0 Å². The number of nitrogen functional groups attached to an aromatic ring is 1. The Bertz CT molecular complexity index is 477. The molecule has 0 radical (unpaired) electrons. The molecule has 0 bridgehead atoms. The molecular formula is C6H5N5O. The zero-order valence-electron chi connectivity index (χ0n) is 6.01. The number of nitrogens with two attached hydrogens (primary N) is 1. The van der Waals surface area contributed by atoms with Gasteiger partial charge in [0, 0.05) is 6.20 Å². The summed E-state index contributed by atoms with van der Waals surface area (Å²) in [5, 5.41) is 0.322. The summed E-state index contributed by atoms with van der Waals surface area (Å²) < 4.78 is 1.18. The number of nitrogens with zero attached hydrogens (tertiary/aromatic N) is 4. The predicted molar refractivity (Wildman–Crippen MR) is 41.7 cm³/mol. The summed E-state index contributed by atoms with van der Waals surface area (Å²) in [6, 6.07) is 0. The predicted octanol–water partition coefficient (Wildman–Crippen LogP) is -1.10. The van der Waals surface area contributed by atoms with Crippen molar-refractivity contribution in [1.29, 1.82) is 0 Å². The van der Waals surface area contributed by atoms with E-state index in [-0.39, 0.29) is 5.56 Å². The number of rotatable bonds is 0. The van der Waals surface area contributed by atoms with Crippen molar-refractivity contribution in [3.63, 3.8) is 0 Å². The molecule has 0 unspecified atom stereocenters. The molecule has 2 N–H and O–H groups in total.